The first-order valence-electron chi connectivity index (χ1n) is 11.1. The molecule has 0 spiro atoms. The van der Waals surface area contributed by atoms with Crippen LogP contribution in [-0.4, -0.2) is 31.7 Å². The van der Waals surface area contributed by atoms with E-state index in [2.05, 4.69) is 31.3 Å². The minimum absolute atomic E-state index is 0.182. The molecular formula is C25H34N2O3S. The Morgan fingerprint density at radius 1 is 0.871 bits per heavy atom. The van der Waals surface area contributed by atoms with E-state index in [4.69, 9.17) is 0 Å². The molecule has 0 aromatic heterocycles. The lowest BCUT2D eigenvalue weighted by molar-refractivity contribution is 0.0939. The number of amides is 1. The first-order valence-corrected chi connectivity index (χ1v) is 12.5. The van der Waals surface area contributed by atoms with E-state index in [0.29, 0.717) is 24.2 Å². The molecule has 1 unspecified atom stereocenters. The lowest BCUT2D eigenvalue weighted by atomic mass is 9.96. The third-order valence-electron chi connectivity index (χ3n) is 6.33. The summed E-state index contributed by atoms with van der Waals surface area (Å²) < 4.78 is 28.1. The topological polar surface area (TPSA) is 66.5 Å². The lowest BCUT2D eigenvalue weighted by Gasteiger charge is -2.22. The summed E-state index contributed by atoms with van der Waals surface area (Å²) in [5.41, 5.74) is 5.64. The van der Waals surface area contributed by atoms with Crippen molar-refractivity contribution in [3.63, 3.8) is 0 Å². The van der Waals surface area contributed by atoms with Crippen LogP contribution in [0.15, 0.2) is 35.2 Å². The molecular weight excluding hydrogens is 408 g/mol. The maximum atomic E-state index is 13.3. The molecule has 0 radical (unpaired) electrons. The molecule has 1 aliphatic rings. The Morgan fingerprint density at radius 2 is 1.48 bits per heavy atom. The number of sulfonamides is 1. The van der Waals surface area contributed by atoms with Crippen LogP contribution in [0.2, 0.25) is 0 Å². The standard InChI is InChI=1S/C25H34N2O3S/c1-17-10-11-22(16-24(17)31(29,30)27-12-8-6-7-9-13-27)25(28)26-21(5)23-15-19(3)18(2)14-20(23)4/h10-11,14-16,21H,6-9,12-13H2,1-5H3,(H,26,28). The number of carbonyl (C=O) groups excluding carboxylic acids is 1. The van der Waals surface area contributed by atoms with Crippen LogP contribution in [0.25, 0.3) is 0 Å². The van der Waals surface area contributed by atoms with E-state index >= 15 is 0 Å². The van der Waals surface area contributed by atoms with E-state index in [-0.39, 0.29) is 16.8 Å². The summed E-state index contributed by atoms with van der Waals surface area (Å²) in [6.07, 6.45) is 3.88. The molecule has 0 aliphatic carbocycles. The van der Waals surface area contributed by atoms with Crippen LogP contribution in [-0.2, 0) is 10.0 Å². The van der Waals surface area contributed by atoms with Gasteiger partial charge in [-0.2, -0.15) is 4.31 Å². The van der Waals surface area contributed by atoms with Gasteiger partial charge in [-0.05, 0) is 87.4 Å². The molecule has 0 saturated carbocycles. The Bertz CT molecular complexity index is 1070. The minimum Gasteiger partial charge on any atom is -0.346 e. The van der Waals surface area contributed by atoms with Crippen LogP contribution in [0.4, 0.5) is 0 Å². The summed E-state index contributed by atoms with van der Waals surface area (Å²) in [6, 6.07) is 9.02. The maximum Gasteiger partial charge on any atom is 0.251 e. The van der Waals surface area contributed by atoms with Crippen LogP contribution in [0, 0.1) is 27.7 Å². The molecule has 5 nitrogen and oxygen atoms in total. The highest BCUT2D eigenvalue weighted by Gasteiger charge is 2.27. The zero-order valence-electron chi connectivity index (χ0n) is 19.3. The average molecular weight is 443 g/mol. The van der Waals surface area contributed by atoms with Crippen molar-refractivity contribution in [3.8, 4) is 0 Å². The van der Waals surface area contributed by atoms with Crippen LogP contribution in [0.3, 0.4) is 0 Å². The molecule has 1 atom stereocenters. The van der Waals surface area contributed by atoms with Crippen molar-refractivity contribution in [1.29, 1.82) is 0 Å². The second-order valence-corrected chi connectivity index (χ2v) is 10.7. The van der Waals surface area contributed by atoms with E-state index in [0.717, 1.165) is 36.8 Å². The molecule has 3 rings (SSSR count). The Kier molecular flexibility index (Phi) is 7.22. The van der Waals surface area contributed by atoms with Crippen molar-refractivity contribution >= 4 is 15.9 Å². The fraction of sp³-hybridized carbons (Fsp3) is 0.480. The van der Waals surface area contributed by atoms with Gasteiger partial charge in [0.15, 0.2) is 0 Å². The van der Waals surface area contributed by atoms with Crippen molar-refractivity contribution in [2.45, 2.75) is 71.2 Å². The van der Waals surface area contributed by atoms with Crippen molar-refractivity contribution in [2.75, 3.05) is 13.1 Å². The van der Waals surface area contributed by atoms with Gasteiger partial charge in [-0.3, -0.25) is 4.79 Å². The van der Waals surface area contributed by atoms with Gasteiger partial charge >= 0.3 is 0 Å². The number of hydrogen-bond acceptors (Lipinski definition) is 3. The molecule has 6 heteroatoms. The third kappa shape index (κ3) is 5.18. The van der Waals surface area contributed by atoms with Gasteiger partial charge in [-0.15, -0.1) is 0 Å². The summed E-state index contributed by atoms with van der Waals surface area (Å²) in [5, 5.41) is 3.04. The smallest absolute Gasteiger partial charge is 0.251 e. The molecule has 1 fully saturated rings. The number of rotatable bonds is 5. The first-order chi connectivity index (χ1) is 14.6. The quantitative estimate of drug-likeness (QED) is 0.710. The number of nitrogens with one attached hydrogen (secondary N) is 1. The number of nitrogens with zero attached hydrogens (tertiary/aromatic N) is 1. The summed E-state index contributed by atoms with van der Waals surface area (Å²) in [5.74, 6) is -0.266. The summed E-state index contributed by atoms with van der Waals surface area (Å²) in [6.45, 7) is 11.0. The summed E-state index contributed by atoms with van der Waals surface area (Å²) in [4.78, 5) is 13.2. The SMILES string of the molecule is Cc1cc(C)c(C(C)NC(=O)c2ccc(C)c(S(=O)(=O)N3CCCCCC3)c2)cc1C. The summed E-state index contributed by atoms with van der Waals surface area (Å²) in [7, 11) is -3.62. The van der Waals surface area contributed by atoms with Gasteiger partial charge in [0.1, 0.15) is 0 Å². The van der Waals surface area contributed by atoms with Gasteiger partial charge in [0, 0.05) is 18.7 Å². The van der Waals surface area contributed by atoms with Crippen LogP contribution < -0.4 is 5.32 Å². The molecule has 1 N–H and O–H groups in total. The molecule has 1 saturated heterocycles. The van der Waals surface area contributed by atoms with E-state index in [9.17, 15) is 13.2 Å². The van der Waals surface area contributed by atoms with Crippen molar-refractivity contribution in [2.24, 2.45) is 0 Å². The monoisotopic (exact) mass is 442 g/mol. The van der Waals surface area contributed by atoms with Gasteiger partial charge in [0.2, 0.25) is 10.0 Å². The fourth-order valence-electron chi connectivity index (χ4n) is 4.25. The van der Waals surface area contributed by atoms with Gasteiger partial charge < -0.3 is 5.32 Å². The molecule has 2 aromatic rings. The number of carbonyl (C=O) groups is 1. The largest absolute Gasteiger partial charge is 0.346 e. The van der Waals surface area contributed by atoms with E-state index in [1.54, 1.807) is 23.4 Å². The molecule has 1 aliphatic heterocycles. The highest BCUT2D eigenvalue weighted by molar-refractivity contribution is 7.89. The molecule has 168 valence electrons. The highest BCUT2D eigenvalue weighted by Crippen LogP contribution is 2.25. The highest BCUT2D eigenvalue weighted by atomic mass is 32.2. The Balaban J connectivity index is 1.85. The number of benzene rings is 2. The predicted molar refractivity (Wildman–Crippen MR) is 125 cm³/mol. The lowest BCUT2D eigenvalue weighted by Crippen LogP contribution is -2.33. The predicted octanol–water partition coefficient (Wildman–Crippen LogP) is 4.98. The second-order valence-electron chi connectivity index (χ2n) is 8.79. The van der Waals surface area contributed by atoms with Crippen LogP contribution in [0.1, 0.15) is 76.8 Å². The van der Waals surface area contributed by atoms with Gasteiger partial charge in [-0.25, -0.2) is 8.42 Å². The molecule has 2 aromatic carbocycles. The van der Waals surface area contributed by atoms with E-state index < -0.39 is 10.0 Å². The molecule has 1 heterocycles. The number of hydrogen-bond donors (Lipinski definition) is 1. The van der Waals surface area contributed by atoms with Crippen molar-refractivity contribution in [3.05, 3.63) is 63.7 Å². The van der Waals surface area contributed by atoms with Crippen LogP contribution >= 0.6 is 0 Å². The van der Waals surface area contributed by atoms with Gasteiger partial charge in [0.05, 0.1) is 10.9 Å². The third-order valence-corrected chi connectivity index (χ3v) is 8.37. The van der Waals surface area contributed by atoms with Gasteiger partial charge in [0.25, 0.3) is 5.91 Å². The zero-order valence-corrected chi connectivity index (χ0v) is 20.1. The van der Waals surface area contributed by atoms with Crippen molar-refractivity contribution < 1.29 is 13.2 Å². The second kappa shape index (κ2) is 9.53. The first kappa shape index (κ1) is 23.5. The van der Waals surface area contributed by atoms with E-state index in [1.807, 2.05) is 13.8 Å². The Morgan fingerprint density at radius 3 is 2.13 bits per heavy atom. The number of aryl methyl sites for hydroxylation is 4. The van der Waals surface area contributed by atoms with Crippen LogP contribution in [0.5, 0.6) is 0 Å². The molecule has 1 amide bonds. The van der Waals surface area contributed by atoms with E-state index in [1.165, 1.54) is 17.2 Å². The average Bonchev–Trinajstić information content (AvgIpc) is 3.01. The normalized spacial score (nSPS) is 16.5. The molecule has 0 bridgehead atoms. The fourth-order valence-corrected chi connectivity index (χ4v) is 6.02. The Hall–Kier alpha value is -2.18. The Labute approximate surface area is 186 Å². The zero-order chi connectivity index (χ0) is 22.8. The van der Waals surface area contributed by atoms with Crippen molar-refractivity contribution in [1.82, 2.24) is 9.62 Å². The molecule has 31 heavy (non-hydrogen) atoms. The minimum atomic E-state index is -3.62. The maximum absolute atomic E-state index is 13.3. The summed E-state index contributed by atoms with van der Waals surface area (Å²) >= 11 is 0. The van der Waals surface area contributed by atoms with Gasteiger partial charge in [-0.1, -0.05) is 31.0 Å².